The van der Waals surface area contributed by atoms with E-state index in [0.717, 1.165) is 147 Å². The SMILES string of the molecule is CC(C)(C)OC(=O)NCCCCCCN=[N+]=[N-].CC(C)(C)OC(=O)NCCCCCCO.Cc1ccc(S(=O)(=O)OCCCCCCNC(=O)OC(C)(C)C)cc1.O=C([O-])C(F)(F)F.O=C1CCC(=O)N1OC(=O)C(F)(F)F.O=C1CCCC(=O)O1.[N-]=[N+]=NCCCCCCNC(=O)CCCC(=O)O.[N-]=[N+]=NCCCCCCNC(=O)CCCC(=O)ON1C(=O)CCC1=O.[N-]=[N+]=NCCCCCC[NH3+]. The van der Waals surface area contributed by atoms with Gasteiger partial charge in [-0.3, -0.25) is 47.3 Å². The fourth-order valence-electron chi connectivity index (χ4n) is 10.1. The number of rotatable bonds is 52. The van der Waals surface area contributed by atoms with Crippen LogP contribution >= 0.6 is 0 Å². The summed E-state index contributed by atoms with van der Waals surface area (Å²) in [7, 11) is -3.68. The number of alkyl carbamates (subject to hydrolysis) is 3. The standard InChI is InChI=1S/C18H29NO5S.C15H23N5O5.C11H20N4O3.C11H22N4O2.C11H23NO3.C6H4F3NO4.C6H14N4.C5H6O3.C2HF3O2/c1-15-9-11-16(12-10-15)25(21,22)23-14-8-6-5-7-13-19-17(20)24-18(2,3)4;16-19-18-11-4-2-1-3-10-17-12(21)6-5-7-15(24)25-20-13(22)8-9-14(20)23;12-15-14-9-4-2-1-3-8-13-10(16)6-5-7-11(17)18;1-11(2,3)17-10(16)13-8-6-4-5-7-9-14-15-12;1-11(2,3)15-10(14)12-8-6-4-5-7-9-13;7-6(8,9)5(13)14-10-3(11)1-2-4(10)12;7-5-3-1-2-4-6-9-10-8;6-4-2-1-3-5(7)8-4;3-2(4,5)1(6)7/h9-12H,5-8,13-14H2,1-4H3,(H,19,20);1-11H2,(H,17,21);1-9H2,(H,13,16)(H,17,18);4-9H2,1-3H3,(H,13,16);13H,4-9H2,1-3H3,(H,12,14);1-2H2;1-7H2;1-3H2;(H,6,7). The van der Waals surface area contributed by atoms with Crippen LogP contribution in [0.3, 0.4) is 0 Å². The zero-order valence-electron chi connectivity index (χ0n) is 81.2. The first-order chi connectivity index (χ1) is 65.2. The number of hydrogen-bond acceptors (Lipinski definition) is 30. The van der Waals surface area contributed by atoms with Crippen LogP contribution in [0.15, 0.2) is 49.6 Å². The van der Waals surface area contributed by atoms with Crippen LogP contribution < -0.4 is 37.4 Å². The molecule has 0 spiro atoms. The maximum atomic E-state index is 12.0. The van der Waals surface area contributed by atoms with Gasteiger partial charge in [-0.15, -0.1) is 10.1 Å². The van der Waals surface area contributed by atoms with Gasteiger partial charge in [-0.2, -0.15) is 34.8 Å². The number of aliphatic hydroxyl groups excluding tert-OH is 1. The lowest BCUT2D eigenvalue weighted by molar-refractivity contribution is -0.368. The molecule has 0 bridgehead atoms. The van der Waals surface area contributed by atoms with Crippen molar-refractivity contribution in [2.45, 2.75) is 341 Å². The maximum Gasteiger partial charge on any atom is 0.493 e. The van der Waals surface area contributed by atoms with Gasteiger partial charge in [-0.1, -0.05) is 109 Å². The van der Waals surface area contributed by atoms with Crippen molar-refractivity contribution >= 4 is 99.7 Å². The number of aliphatic hydroxyl groups is 1. The van der Waals surface area contributed by atoms with Crippen molar-refractivity contribution in [2.24, 2.45) is 20.5 Å². The summed E-state index contributed by atoms with van der Waals surface area (Å²) >= 11 is 0. The highest BCUT2D eigenvalue weighted by molar-refractivity contribution is 7.86. The largest absolute Gasteiger partial charge is 0.542 e. The number of carboxylic acid groups (broad SMARTS) is 2. The quantitative estimate of drug-likeness (QED) is 0.00287. The average Bonchev–Trinajstić information content (AvgIpc) is 1.57. The van der Waals surface area contributed by atoms with Gasteiger partial charge in [0.25, 0.3) is 33.7 Å². The van der Waals surface area contributed by atoms with E-state index in [-0.39, 0.29) is 117 Å². The summed E-state index contributed by atoms with van der Waals surface area (Å²) in [6, 6.07) is 6.59. The minimum Gasteiger partial charge on any atom is -0.542 e. The number of benzene rings is 1. The first-order valence-corrected chi connectivity index (χ1v) is 46.9. The van der Waals surface area contributed by atoms with E-state index in [1.807, 2.05) is 69.2 Å². The highest BCUT2D eigenvalue weighted by atomic mass is 32.2. The van der Waals surface area contributed by atoms with Crippen molar-refractivity contribution in [1.82, 2.24) is 36.7 Å². The molecule has 0 atom stereocenters. The second-order valence-electron chi connectivity index (χ2n) is 33.0. The summed E-state index contributed by atoms with van der Waals surface area (Å²) in [5.74, 6) is -11.1. The van der Waals surface area contributed by atoms with Crippen LogP contribution in [0.2, 0.25) is 0 Å². The molecule has 3 heterocycles. The molecule has 792 valence electrons. The number of esters is 2. The lowest BCUT2D eigenvalue weighted by Gasteiger charge is -2.19. The van der Waals surface area contributed by atoms with Crippen LogP contribution in [0.25, 0.3) is 41.8 Å². The summed E-state index contributed by atoms with van der Waals surface area (Å²) in [5.41, 5.74) is 35.5. The number of carboxylic acids is 2. The lowest BCUT2D eigenvalue weighted by atomic mass is 10.2. The Morgan fingerprint density at radius 3 is 1.05 bits per heavy atom. The number of hydrogen-bond donors (Lipinski definition) is 8. The number of quaternary nitrogens is 1. The number of carbonyl (C=O) groups is 15. The van der Waals surface area contributed by atoms with Crippen LogP contribution in [0.4, 0.5) is 40.7 Å². The molecule has 0 aromatic heterocycles. The Kier molecular flexibility index (Phi) is 80.8. The molecule has 139 heavy (non-hydrogen) atoms. The van der Waals surface area contributed by atoms with Gasteiger partial charge in [0.2, 0.25) is 11.8 Å². The average molecular weight is 2020 g/mol. The van der Waals surface area contributed by atoms with Gasteiger partial charge in [0.1, 0.15) is 22.8 Å². The molecule has 1 aromatic carbocycles. The zero-order chi connectivity index (χ0) is 107. The second kappa shape index (κ2) is 82.9. The number of amides is 9. The van der Waals surface area contributed by atoms with E-state index in [1.54, 1.807) is 24.3 Å². The van der Waals surface area contributed by atoms with Crippen molar-refractivity contribution in [2.75, 3.05) is 78.7 Å². The maximum absolute atomic E-state index is 12.0. The van der Waals surface area contributed by atoms with Crippen molar-refractivity contribution in [1.29, 1.82) is 0 Å². The number of carbonyl (C=O) groups excluding carboxylic acids is 14. The van der Waals surface area contributed by atoms with E-state index >= 15 is 0 Å². The zero-order valence-corrected chi connectivity index (χ0v) is 82.0. The number of alkyl halides is 6. The highest BCUT2D eigenvalue weighted by Gasteiger charge is 2.46. The fraction of sp³-hybridized carbons (Fsp3) is 0.753. The Morgan fingerprint density at radius 1 is 0.446 bits per heavy atom. The van der Waals surface area contributed by atoms with Crippen LogP contribution in [0, 0.1) is 6.92 Å². The number of aliphatic carboxylic acids is 2. The normalized spacial score (nSPS) is 12.5. The second-order valence-corrected chi connectivity index (χ2v) is 34.7. The van der Waals surface area contributed by atoms with Gasteiger partial charge >= 0.3 is 60.5 Å². The van der Waals surface area contributed by atoms with Crippen LogP contribution in [-0.2, 0) is 100 Å². The topological polar surface area (TPSA) is 708 Å². The predicted octanol–water partition coefficient (Wildman–Crippen LogP) is 14.0. The Morgan fingerprint density at radius 2 is 0.755 bits per heavy atom. The molecule has 54 heteroatoms. The first-order valence-electron chi connectivity index (χ1n) is 45.5. The number of halogens is 6. The Balaban J connectivity index is -0.000000496. The molecule has 3 saturated heterocycles. The van der Waals surface area contributed by atoms with Crippen molar-refractivity contribution < 1.29 is 161 Å². The molecule has 1 aromatic rings. The number of unbranched alkanes of at least 4 members (excludes halogenated alkanes) is 18. The van der Waals surface area contributed by atoms with Crippen molar-refractivity contribution in [3.63, 3.8) is 0 Å². The summed E-state index contributed by atoms with van der Waals surface area (Å²) in [4.78, 5) is 181. The van der Waals surface area contributed by atoms with E-state index in [4.69, 9.17) is 65.5 Å². The highest BCUT2D eigenvalue weighted by Crippen LogP contribution is 2.22. The van der Waals surface area contributed by atoms with Crippen LogP contribution in [-0.4, -0.2) is 226 Å². The number of imide groups is 2. The number of ether oxygens (including phenoxy) is 4. The molecule has 3 fully saturated rings. The van der Waals surface area contributed by atoms with Gasteiger partial charge in [0, 0.05) is 149 Å². The molecule has 0 unspecified atom stereocenters. The molecule has 4 rings (SSSR count). The third kappa shape index (κ3) is 93.4. The Hall–Kier alpha value is -12.1. The molecule has 3 aliphatic heterocycles. The van der Waals surface area contributed by atoms with Gasteiger partial charge < -0.3 is 81.1 Å². The number of azide groups is 4. The molecule has 0 aliphatic carbocycles. The van der Waals surface area contributed by atoms with Crippen LogP contribution in [0.1, 0.15) is 305 Å². The van der Waals surface area contributed by atoms with Crippen molar-refractivity contribution in [3.05, 3.63) is 71.6 Å². The number of nitrogens with zero attached hydrogens (tertiary/aromatic N) is 14. The molecular weight excluding hydrogens is 1880 g/mol. The van der Waals surface area contributed by atoms with Gasteiger partial charge in [-0.25, -0.2) is 24.0 Å². The summed E-state index contributed by atoms with van der Waals surface area (Å²) < 4.78 is 115. The molecule has 10 N–H and O–H groups in total. The van der Waals surface area contributed by atoms with E-state index in [0.29, 0.717) is 96.1 Å². The minimum absolute atomic E-state index is 0.0346. The molecule has 0 radical (unpaired) electrons. The lowest BCUT2D eigenvalue weighted by Crippen LogP contribution is -2.50. The third-order valence-electron chi connectivity index (χ3n) is 16.8. The fourth-order valence-corrected chi connectivity index (χ4v) is 11.1. The van der Waals surface area contributed by atoms with Gasteiger partial charge in [-0.05, 0) is 206 Å². The Bertz CT molecular complexity index is 4050. The number of aryl methyl sites for hydroxylation is 1. The summed E-state index contributed by atoms with van der Waals surface area (Å²) in [6.07, 6.45) is 13.3. The van der Waals surface area contributed by atoms with Gasteiger partial charge in [0.05, 0.1) is 18.0 Å². The van der Waals surface area contributed by atoms with Crippen LogP contribution in [0.5, 0.6) is 0 Å². The molecule has 47 nitrogen and oxygen atoms in total. The molecule has 0 saturated carbocycles. The predicted molar refractivity (Wildman–Crippen MR) is 487 cm³/mol. The number of cyclic esters (lactones) is 2. The van der Waals surface area contributed by atoms with Crippen molar-refractivity contribution in [3.8, 4) is 0 Å². The molecule has 3 aliphatic rings. The molecule has 9 amide bonds. The summed E-state index contributed by atoms with van der Waals surface area (Å²) in [5, 5.41) is 53.4. The van der Waals surface area contributed by atoms with E-state index in [2.05, 4.69) is 82.0 Å². The van der Waals surface area contributed by atoms with Gasteiger partial charge in [0.15, 0.2) is 0 Å². The van der Waals surface area contributed by atoms with E-state index in [9.17, 15) is 102 Å². The Labute approximate surface area is 805 Å². The minimum atomic E-state index is -5.22. The third-order valence-corrected chi connectivity index (χ3v) is 18.2. The number of hydroxylamine groups is 4. The number of nitrogens with one attached hydrogen (secondary N) is 5. The smallest absolute Gasteiger partial charge is 0.493 e. The molecular formula is C85H142F6N20O27S. The first kappa shape index (κ1) is 135. The van der Waals surface area contributed by atoms with E-state index < -0.39 is 92.9 Å². The summed E-state index contributed by atoms with van der Waals surface area (Å²) in [6.45, 7) is 25.0. The van der Waals surface area contributed by atoms with E-state index in [1.165, 1.54) is 12.8 Å². The monoisotopic (exact) mass is 2020 g/mol.